The molecule has 1 heterocycles. The zero-order valence-corrected chi connectivity index (χ0v) is 10.2. The Kier molecular flexibility index (Phi) is 4.27. The first-order chi connectivity index (χ1) is 8.36. The van der Waals surface area contributed by atoms with Crippen LogP contribution in [0.3, 0.4) is 0 Å². The van der Waals surface area contributed by atoms with Gasteiger partial charge >= 0.3 is 0 Å². The Morgan fingerprint density at radius 2 is 2.06 bits per heavy atom. The maximum atomic E-state index is 11.6. The summed E-state index contributed by atoms with van der Waals surface area (Å²) in [4.78, 5) is 12.2. The van der Waals surface area contributed by atoms with E-state index >= 15 is 0 Å². The van der Waals surface area contributed by atoms with Crippen molar-refractivity contribution in [1.29, 1.82) is 0 Å². The molecule has 4 heteroatoms. The third-order valence-corrected chi connectivity index (χ3v) is 3.18. The number of aryl methyl sites for hydroxylation is 1. The number of hydrogen-bond donors (Lipinski definition) is 1. The first kappa shape index (κ1) is 11.8. The van der Waals surface area contributed by atoms with Crippen molar-refractivity contribution in [2.75, 3.05) is 6.54 Å². The van der Waals surface area contributed by atoms with Crippen molar-refractivity contribution in [2.24, 2.45) is 0 Å². The molecule has 1 amide bonds. The summed E-state index contributed by atoms with van der Waals surface area (Å²) < 4.78 is 3.90. The van der Waals surface area contributed by atoms with Crippen LogP contribution in [0.1, 0.15) is 21.7 Å². The standard InChI is InChI=1S/C13H14N2OS/c16-13(12-8-10-15-17-12)14-9-4-7-11-5-2-1-3-6-11/h1-3,5-6,8,10H,4,7,9H2,(H,14,16). The maximum absolute atomic E-state index is 11.6. The van der Waals surface area contributed by atoms with Gasteiger partial charge in [0.1, 0.15) is 4.88 Å². The molecule has 0 spiro atoms. The Hall–Kier alpha value is -1.68. The molecule has 0 aliphatic rings. The largest absolute Gasteiger partial charge is 0.351 e. The van der Waals surface area contributed by atoms with Gasteiger partial charge in [-0.3, -0.25) is 4.79 Å². The van der Waals surface area contributed by atoms with E-state index in [1.54, 1.807) is 12.3 Å². The van der Waals surface area contributed by atoms with Crippen molar-refractivity contribution in [1.82, 2.24) is 9.69 Å². The zero-order valence-electron chi connectivity index (χ0n) is 9.43. The van der Waals surface area contributed by atoms with Crippen molar-refractivity contribution in [3.63, 3.8) is 0 Å². The van der Waals surface area contributed by atoms with E-state index in [4.69, 9.17) is 0 Å². The van der Waals surface area contributed by atoms with Crippen molar-refractivity contribution < 1.29 is 4.79 Å². The molecule has 0 aliphatic heterocycles. The molecule has 17 heavy (non-hydrogen) atoms. The van der Waals surface area contributed by atoms with Crippen LogP contribution < -0.4 is 5.32 Å². The first-order valence-electron chi connectivity index (χ1n) is 5.59. The molecule has 0 aliphatic carbocycles. The van der Waals surface area contributed by atoms with Gasteiger partial charge in [0.15, 0.2) is 0 Å². The van der Waals surface area contributed by atoms with E-state index in [1.807, 2.05) is 18.2 Å². The van der Waals surface area contributed by atoms with Gasteiger partial charge in [-0.1, -0.05) is 30.3 Å². The monoisotopic (exact) mass is 246 g/mol. The molecule has 2 rings (SSSR count). The summed E-state index contributed by atoms with van der Waals surface area (Å²) in [6, 6.07) is 12.0. The highest BCUT2D eigenvalue weighted by molar-refractivity contribution is 7.08. The number of rotatable bonds is 5. The van der Waals surface area contributed by atoms with Crippen LogP contribution in [0, 0.1) is 0 Å². The lowest BCUT2D eigenvalue weighted by molar-refractivity contribution is 0.0957. The van der Waals surface area contributed by atoms with Crippen LogP contribution in [0.2, 0.25) is 0 Å². The van der Waals surface area contributed by atoms with Gasteiger partial charge in [-0.25, -0.2) is 4.37 Å². The van der Waals surface area contributed by atoms with E-state index in [-0.39, 0.29) is 5.91 Å². The molecule has 1 aromatic heterocycles. The fourth-order valence-corrected chi connectivity index (χ4v) is 2.07. The van der Waals surface area contributed by atoms with Gasteiger partial charge in [0, 0.05) is 12.7 Å². The Bertz CT molecular complexity index is 454. The van der Waals surface area contributed by atoms with E-state index in [0.717, 1.165) is 12.8 Å². The van der Waals surface area contributed by atoms with Gasteiger partial charge in [0.05, 0.1) is 0 Å². The average molecular weight is 246 g/mol. The van der Waals surface area contributed by atoms with E-state index in [1.165, 1.54) is 17.1 Å². The van der Waals surface area contributed by atoms with Gasteiger partial charge in [-0.15, -0.1) is 0 Å². The minimum atomic E-state index is -0.0273. The number of nitrogens with one attached hydrogen (secondary N) is 1. The third kappa shape index (κ3) is 3.67. The number of benzene rings is 1. The lowest BCUT2D eigenvalue weighted by Gasteiger charge is -2.03. The van der Waals surface area contributed by atoms with Gasteiger partial charge in [0.25, 0.3) is 5.91 Å². The summed E-state index contributed by atoms with van der Waals surface area (Å²) in [5.74, 6) is -0.0273. The van der Waals surface area contributed by atoms with E-state index < -0.39 is 0 Å². The van der Waals surface area contributed by atoms with Crippen LogP contribution in [0.25, 0.3) is 0 Å². The number of carbonyl (C=O) groups is 1. The maximum Gasteiger partial charge on any atom is 0.262 e. The molecule has 1 N–H and O–H groups in total. The van der Waals surface area contributed by atoms with Gasteiger partial charge < -0.3 is 5.32 Å². The molecule has 2 aromatic rings. The molecule has 0 unspecified atom stereocenters. The molecule has 0 fully saturated rings. The zero-order chi connectivity index (χ0) is 11.9. The Morgan fingerprint density at radius 3 is 2.76 bits per heavy atom. The summed E-state index contributed by atoms with van der Waals surface area (Å²) >= 11 is 1.22. The summed E-state index contributed by atoms with van der Waals surface area (Å²) in [6.45, 7) is 0.700. The molecule has 0 radical (unpaired) electrons. The lowest BCUT2D eigenvalue weighted by Crippen LogP contribution is -2.23. The number of amides is 1. The molecule has 0 saturated carbocycles. The van der Waals surface area contributed by atoms with Crippen molar-refractivity contribution in [2.45, 2.75) is 12.8 Å². The Balaban J connectivity index is 1.69. The summed E-state index contributed by atoms with van der Waals surface area (Å²) in [5, 5.41) is 2.89. The normalized spacial score (nSPS) is 10.1. The van der Waals surface area contributed by atoms with E-state index in [0.29, 0.717) is 11.4 Å². The highest BCUT2D eigenvalue weighted by Crippen LogP contribution is 2.04. The quantitative estimate of drug-likeness (QED) is 0.824. The van der Waals surface area contributed by atoms with Crippen LogP contribution in [-0.4, -0.2) is 16.8 Å². The molecular weight excluding hydrogens is 232 g/mol. The second kappa shape index (κ2) is 6.15. The summed E-state index contributed by atoms with van der Waals surface area (Å²) in [6.07, 6.45) is 3.59. The number of hydrogen-bond acceptors (Lipinski definition) is 3. The highest BCUT2D eigenvalue weighted by atomic mass is 32.1. The minimum absolute atomic E-state index is 0.0273. The second-order valence-electron chi connectivity index (χ2n) is 3.72. The summed E-state index contributed by atoms with van der Waals surface area (Å²) in [7, 11) is 0. The predicted octanol–water partition coefficient (Wildman–Crippen LogP) is 2.51. The Morgan fingerprint density at radius 1 is 1.24 bits per heavy atom. The topological polar surface area (TPSA) is 42.0 Å². The van der Waals surface area contributed by atoms with Crippen molar-refractivity contribution in [3.8, 4) is 0 Å². The molecule has 1 aromatic carbocycles. The highest BCUT2D eigenvalue weighted by Gasteiger charge is 2.05. The SMILES string of the molecule is O=C(NCCCc1ccccc1)c1ccns1. The summed E-state index contributed by atoms with van der Waals surface area (Å²) in [5.41, 5.74) is 1.31. The smallest absolute Gasteiger partial charge is 0.262 e. The number of aromatic nitrogens is 1. The van der Waals surface area contributed by atoms with Crippen LogP contribution in [0.15, 0.2) is 42.6 Å². The molecule has 0 bridgehead atoms. The van der Waals surface area contributed by atoms with E-state index in [9.17, 15) is 4.79 Å². The molecular formula is C13H14N2OS. The van der Waals surface area contributed by atoms with Gasteiger partial charge in [0.2, 0.25) is 0 Å². The molecule has 0 atom stereocenters. The average Bonchev–Trinajstić information content (AvgIpc) is 2.89. The van der Waals surface area contributed by atoms with Gasteiger partial charge in [-0.2, -0.15) is 0 Å². The first-order valence-corrected chi connectivity index (χ1v) is 6.36. The van der Waals surface area contributed by atoms with Crippen molar-refractivity contribution >= 4 is 17.4 Å². The third-order valence-electron chi connectivity index (χ3n) is 2.43. The van der Waals surface area contributed by atoms with Gasteiger partial charge in [-0.05, 0) is 36.0 Å². The molecule has 0 saturated heterocycles. The number of carbonyl (C=O) groups excluding carboxylic acids is 1. The fourth-order valence-electron chi connectivity index (χ4n) is 1.56. The van der Waals surface area contributed by atoms with Crippen LogP contribution in [0.5, 0.6) is 0 Å². The minimum Gasteiger partial charge on any atom is -0.351 e. The Labute approximate surface area is 105 Å². The van der Waals surface area contributed by atoms with Crippen LogP contribution in [-0.2, 0) is 6.42 Å². The van der Waals surface area contributed by atoms with Crippen LogP contribution in [0.4, 0.5) is 0 Å². The second-order valence-corrected chi connectivity index (χ2v) is 4.55. The fraction of sp³-hybridized carbons (Fsp3) is 0.231. The van der Waals surface area contributed by atoms with E-state index in [2.05, 4.69) is 21.8 Å². The van der Waals surface area contributed by atoms with Crippen molar-refractivity contribution in [3.05, 3.63) is 53.0 Å². The molecule has 3 nitrogen and oxygen atoms in total. The van der Waals surface area contributed by atoms with Crippen LogP contribution >= 0.6 is 11.5 Å². The number of nitrogens with zero attached hydrogens (tertiary/aromatic N) is 1. The lowest BCUT2D eigenvalue weighted by atomic mass is 10.1. The predicted molar refractivity (Wildman–Crippen MR) is 69.2 cm³/mol. The molecule has 88 valence electrons.